The van der Waals surface area contributed by atoms with Crippen molar-refractivity contribution in [2.45, 2.75) is 18.2 Å². The van der Waals surface area contributed by atoms with Crippen LogP contribution >= 0.6 is 0 Å². The summed E-state index contributed by atoms with van der Waals surface area (Å²) in [4.78, 5) is 14.1. The van der Waals surface area contributed by atoms with E-state index in [9.17, 15) is 4.79 Å². The van der Waals surface area contributed by atoms with Gasteiger partial charge in [0.2, 0.25) is 0 Å². The van der Waals surface area contributed by atoms with E-state index in [1.54, 1.807) is 19.2 Å². The Labute approximate surface area is 106 Å². The van der Waals surface area contributed by atoms with Gasteiger partial charge >= 0.3 is 5.97 Å². The van der Waals surface area contributed by atoms with Gasteiger partial charge in [-0.3, -0.25) is 4.90 Å². The fourth-order valence-electron chi connectivity index (χ4n) is 2.46. The van der Waals surface area contributed by atoms with Gasteiger partial charge in [-0.2, -0.15) is 0 Å². The molecule has 1 unspecified atom stereocenters. The lowest BCUT2D eigenvalue weighted by atomic mass is 10.2. The van der Waals surface area contributed by atoms with Crippen LogP contribution < -0.4 is 0 Å². The molecule has 4 heteroatoms. The number of nitrogens with zero attached hydrogens (tertiary/aromatic N) is 1. The summed E-state index contributed by atoms with van der Waals surface area (Å²) in [5.41, 5.74) is 0.591. The van der Waals surface area contributed by atoms with Gasteiger partial charge in [-0.15, -0.1) is 0 Å². The Hall–Kier alpha value is -1.65. The molecule has 1 aromatic carbocycles. The number of benzene rings is 1. The standard InChI is InChI=1S/C14H15NO3/c1-17-9-15-11-7-8-12(13(11)15)18-14(16)10-5-3-2-4-6-10/h2-8,11-13H,9H2,1H3/t11-,12-,13-,15?/m0/s1. The first-order valence-corrected chi connectivity index (χ1v) is 6.00. The highest BCUT2D eigenvalue weighted by Crippen LogP contribution is 2.39. The number of hydrogen-bond acceptors (Lipinski definition) is 4. The molecule has 3 rings (SSSR count). The normalized spacial score (nSPS) is 32.1. The van der Waals surface area contributed by atoms with Gasteiger partial charge in [0.1, 0.15) is 6.10 Å². The van der Waals surface area contributed by atoms with E-state index in [-0.39, 0.29) is 18.1 Å². The Morgan fingerprint density at radius 2 is 2.06 bits per heavy atom. The zero-order chi connectivity index (χ0) is 12.5. The Balaban J connectivity index is 1.62. The van der Waals surface area contributed by atoms with Crippen LogP contribution in [0.25, 0.3) is 0 Å². The molecule has 0 bridgehead atoms. The molecule has 1 aromatic rings. The SMILES string of the molecule is COCN1[C@@H]2[C@@H](OC(=O)c3ccccc3)C=C[C@@H]21. The number of fused-ring (bicyclic) bond motifs is 1. The molecule has 1 heterocycles. The van der Waals surface area contributed by atoms with Crippen LogP contribution in [0.5, 0.6) is 0 Å². The average Bonchev–Trinajstić information content (AvgIpc) is 2.92. The third-order valence-corrected chi connectivity index (χ3v) is 3.39. The Bertz CT molecular complexity index is 471. The van der Waals surface area contributed by atoms with Gasteiger partial charge in [0.15, 0.2) is 0 Å². The highest BCUT2D eigenvalue weighted by atomic mass is 16.5. The highest BCUT2D eigenvalue weighted by molar-refractivity contribution is 5.89. The zero-order valence-corrected chi connectivity index (χ0v) is 10.2. The summed E-state index contributed by atoms with van der Waals surface area (Å²) < 4.78 is 10.6. The topological polar surface area (TPSA) is 38.5 Å². The van der Waals surface area contributed by atoms with Gasteiger partial charge in [0, 0.05) is 7.11 Å². The second kappa shape index (κ2) is 4.55. The Morgan fingerprint density at radius 3 is 2.78 bits per heavy atom. The molecule has 2 aliphatic rings. The molecule has 4 atom stereocenters. The Kier molecular flexibility index (Phi) is 2.89. The van der Waals surface area contributed by atoms with E-state index in [1.165, 1.54) is 0 Å². The zero-order valence-electron chi connectivity index (χ0n) is 10.2. The third-order valence-electron chi connectivity index (χ3n) is 3.39. The maximum atomic E-state index is 11.9. The number of carbonyl (C=O) groups excluding carboxylic acids is 1. The van der Waals surface area contributed by atoms with Gasteiger partial charge in [0.05, 0.1) is 24.4 Å². The van der Waals surface area contributed by atoms with Gasteiger partial charge in [0.25, 0.3) is 0 Å². The average molecular weight is 245 g/mol. The molecule has 0 radical (unpaired) electrons. The predicted molar refractivity (Wildman–Crippen MR) is 66.1 cm³/mol. The minimum Gasteiger partial charge on any atom is -0.453 e. The summed E-state index contributed by atoms with van der Waals surface area (Å²) in [5.74, 6) is -0.268. The monoisotopic (exact) mass is 245 g/mol. The highest BCUT2D eigenvalue weighted by Gasteiger charge is 2.54. The van der Waals surface area contributed by atoms with E-state index < -0.39 is 0 Å². The maximum Gasteiger partial charge on any atom is 0.338 e. The molecule has 0 saturated carbocycles. The number of ether oxygens (including phenoxy) is 2. The van der Waals surface area contributed by atoms with E-state index in [2.05, 4.69) is 11.0 Å². The first-order chi connectivity index (χ1) is 8.81. The lowest BCUT2D eigenvalue weighted by Gasteiger charge is -2.13. The molecule has 94 valence electrons. The van der Waals surface area contributed by atoms with Crippen LogP contribution in [0.1, 0.15) is 10.4 Å². The molecule has 0 spiro atoms. The lowest BCUT2D eigenvalue weighted by Crippen LogP contribution is -2.24. The van der Waals surface area contributed by atoms with Crippen molar-refractivity contribution >= 4 is 5.97 Å². The van der Waals surface area contributed by atoms with E-state index in [0.29, 0.717) is 18.3 Å². The summed E-state index contributed by atoms with van der Waals surface area (Å²) in [6.45, 7) is 0.582. The summed E-state index contributed by atoms with van der Waals surface area (Å²) in [6.07, 6.45) is 3.88. The van der Waals surface area contributed by atoms with Crippen LogP contribution in [0.3, 0.4) is 0 Å². The van der Waals surface area contributed by atoms with Crippen LogP contribution in [-0.2, 0) is 9.47 Å². The van der Waals surface area contributed by atoms with Crippen molar-refractivity contribution in [2.24, 2.45) is 0 Å². The molecular weight excluding hydrogens is 230 g/mol. The summed E-state index contributed by atoms with van der Waals surface area (Å²) in [5, 5.41) is 0. The summed E-state index contributed by atoms with van der Waals surface area (Å²) >= 11 is 0. The van der Waals surface area contributed by atoms with E-state index in [4.69, 9.17) is 9.47 Å². The molecule has 0 aromatic heterocycles. The van der Waals surface area contributed by atoms with Crippen LogP contribution in [0.15, 0.2) is 42.5 Å². The largest absolute Gasteiger partial charge is 0.453 e. The number of methoxy groups -OCH3 is 1. The van der Waals surface area contributed by atoms with Gasteiger partial charge < -0.3 is 9.47 Å². The van der Waals surface area contributed by atoms with Crippen molar-refractivity contribution in [1.29, 1.82) is 0 Å². The Morgan fingerprint density at radius 1 is 1.28 bits per heavy atom. The number of carbonyl (C=O) groups is 1. The number of hydrogen-bond donors (Lipinski definition) is 0. The molecule has 1 saturated heterocycles. The molecular formula is C14H15NO3. The molecule has 0 N–H and O–H groups in total. The molecule has 1 aliphatic carbocycles. The van der Waals surface area contributed by atoms with Gasteiger partial charge in [-0.25, -0.2) is 4.79 Å². The minimum absolute atomic E-state index is 0.155. The van der Waals surface area contributed by atoms with Crippen LogP contribution in [0.4, 0.5) is 0 Å². The van der Waals surface area contributed by atoms with Crippen molar-refractivity contribution in [2.75, 3.05) is 13.8 Å². The van der Waals surface area contributed by atoms with Crippen molar-refractivity contribution < 1.29 is 14.3 Å². The van der Waals surface area contributed by atoms with Crippen molar-refractivity contribution in [3.8, 4) is 0 Å². The van der Waals surface area contributed by atoms with E-state index in [1.807, 2.05) is 24.3 Å². The second-order valence-corrected chi connectivity index (χ2v) is 4.53. The predicted octanol–water partition coefficient (Wildman–Crippen LogP) is 1.44. The smallest absolute Gasteiger partial charge is 0.338 e. The maximum absolute atomic E-state index is 11.9. The molecule has 1 aliphatic heterocycles. The molecule has 1 fully saturated rings. The molecule has 18 heavy (non-hydrogen) atoms. The van der Waals surface area contributed by atoms with Crippen molar-refractivity contribution in [1.82, 2.24) is 4.90 Å². The third kappa shape index (κ3) is 1.94. The number of rotatable bonds is 4. The first-order valence-electron chi connectivity index (χ1n) is 6.00. The first kappa shape index (κ1) is 11.4. The quantitative estimate of drug-likeness (QED) is 0.457. The minimum atomic E-state index is -0.268. The summed E-state index contributed by atoms with van der Waals surface area (Å²) in [7, 11) is 1.67. The van der Waals surface area contributed by atoms with Crippen molar-refractivity contribution in [3.05, 3.63) is 48.0 Å². The van der Waals surface area contributed by atoms with Crippen LogP contribution in [0, 0.1) is 0 Å². The van der Waals surface area contributed by atoms with Gasteiger partial charge in [-0.1, -0.05) is 24.3 Å². The van der Waals surface area contributed by atoms with Gasteiger partial charge in [-0.05, 0) is 18.2 Å². The molecule has 4 nitrogen and oxygen atoms in total. The van der Waals surface area contributed by atoms with E-state index >= 15 is 0 Å². The number of esters is 1. The van der Waals surface area contributed by atoms with Crippen LogP contribution in [0.2, 0.25) is 0 Å². The van der Waals surface area contributed by atoms with Crippen LogP contribution in [-0.4, -0.2) is 42.9 Å². The lowest BCUT2D eigenvalue weighted by molar-refractivity contribution is 0.0334. The van der Waals surface area contributed by atoms with Crippen molar-refractivity contribution in [3.63, 3.8) is 0 Å². The summed E-state index contributed by atoms with van der Waals surface area (Å²) in [6, 6.07) is 9.70. The second-order valence-electron chi connectivity index (χ2n) is 4.53. The van der Waals surface area contributed by atoms with E-state index in [0.717, 1.165) is 0 Å². The fourth-order valence-corrected chi connectivity index (χ4v) is 2.46. The fraction of sp³-hybridized carbons (Fsp3) is 0.357. The molecule has 0 amide bonds.